The lowest BCUT2D eigenvalue weighted by molar-refractivity contribution is -0.138. The number of anilines is 1. The van der Waals surface area contributed by atoms with Crippen LogP contribution in [0, 0.1) is 5.92 Å². The third kappa shape index (κ3) is 4.97. The molecule has 3 heterocycles. The minimum atomic E-state index is -0.743. The summed E-state index contributed by atoms with van der Waals surface area (Å²) in [6, 6.07) is 12.8. The van der Waals surface area contributed by atoms with Crippen molar-refractivity contribution >= 4 is 29.2 Å². The molecule has 8 heteroatoms. The van der Waals surface area contributed by atoms with Crippen molar-refractivity contribution in [2.75, 3.05) is 25.0 Å². The van der Waals surface area contributed by atoms with Gasteiger partial charge in [-0.2, -0.15) is 0 Å². The van der Waals surface area contributed by atoms with Crippen molar-refractivity contribution in [3.8, 4) is 0 Å². The molecule has 2 saturated heterocycles. The lowest BCUT2D eigenvalue weighted by Crippen LogP contribution is -2.53. The SMILES string of the molecule is CC(C)C[C@H](NC(=O)c1ccc2c(c1)CCCN2)C(=O)N1CCC2C1C(=O)CN2C(=O)c1ccccc1. The molecule has 0 saturated carbocycles. The monoisotopic (exact) mass is 502 g/mol. The van der Waals surface area contributed by atoms with E-state index in [-0.39, 0.29) is 42.0 Å². The van der Waals surface area contributed by atoms with Crippen LogP contribution in [0.15, 0.2) is 48.5 Å². The van der Waals surface area contributed by atoms with Crippen molar-refractivity contribution < 1.29 is 19.2 Å². The number of amides is 3. The highest BCUT2D eigenvalue weighted by Crippen LogP contribution is 2.32. The first-order chi connectivity index (χ1) is 17.8. The van der Waals surface area contributed by atoms with Crippen molar-refractivity contribution in [1.29, 1.82) is 0 Å². The van der Waals surface area contributed by atoms with Gasteiger partial charge in [0, 0.05) is 29.9 Å². The Kier molecular flexibility index (Phi) is 7.00. The summed E-state index contributed by atoms with van der Waals surface area (Å²) in [6.45, 7) is 5.31. The van der Waals surface area contributed by atoms with Gasteiger partial charge in [0.15, 0.2) is 5.78 Å². The molecule has 2 N–H and O–H groups in total. The number of nitrogens with one attached hydrogen (secondary N) is 2. The molecular formula is C29H34N4O4. The third-order valence-electron chi connectivity index (χ3n) is 7.60. The number of benzene rings is 2. The van der Waals surface area contributed by atoms with E-state index in [1.54, 1.807) is 40.1 Å². The summed E-state index contributed by atoms with van der Waals surface area (Å²) in [6.07, 6.45) is 2.93. The van der Waals surface area contributed by atoms with Gasteiger partial charge in [0.05, 0.1) is 12.6 Å². The zero-order valence-electron chi connectivity index (χ0n) is 21.4. The number of carbonyl (C=O) groups is 4. The summed E-state index contributed by atoms with van der Waals surface area (Å²) in [5.74, 6) is -0.698. The standard InChI is InChI=1S/C29H34N4O4/c1-18(2)15-23(31-27(35)21-10-11-22-20(16-21)9-6-13-30-22)29(37)32-14-12-24-26(32)25(34)17-33(24)28(36)19-7-4-3-5-8-19/h3-5,7-8,10-11,16,18,23-24,26,30H,6,9,12-15,17H2,1-2H3,(H,31,35)/t23-,24?,26?/m0/s1. The van der Waals surface area contributed by atoms with Gasteiger partial charge in [-0.1, -0.05) is 32.0 Å². The first-order valence-electron chi connectivity index (χ1n) is 13.2. The molecule has 8 nitrogen and oxygen atoms in total. The second kappa shape index (κ2) is 10.4. The predicted molar refractivity (Wildman–Crippen MR) is 140 cm³/mol. The zero-order chi connectivity index (χ0) is 26.1. The maximum atomic E-state index is 13.8. The Hall–Kier alpha value is -3.68. The first kappa shape index (κ1) is 25.0. The van der Waals surface area contributed by atoms with E-state index in [9.17, 15) is 19.2 Å². The second-order valence-corrected chi connectivity index (χ2v) is 10.7. The van der Waals surface area contributed by atoms with E-state index in [0.29, 0.717) is 30.5 Å². The smallest absolute Gasteiger partial charge is 0.254 e. The molecule has 37 heavy (non-hydrogen) atoms. The van der Waals surface area contributed by atoms with Gasteiger partial charge in [-0.05, 0) is 67.5 Å². The van der Waals surface area contributed by atoms with Gasteiger partial charge in [-0.15, -0.1) is 0 Å². The van der Waals surface area contributed by atoms with Crippen LogP contribution in [0.4, 0.5) is 5.69 Å². The van der Waals surface area contributed by atoms with Gasteiger partial charge >= 0.3 is 0 Å². The molecule has 0 aromatic heterocycles. The zero-order valence-corrected chi connectivity index (χ0v) is 21.4. The first-order valence-corrected chi connectivity index (χ1v) is 13.2. The van der Waals surface area contributed by atoms with Crippen LogP contribution >= 0.6 is 0 Å². The van der Waals surface area contributed by atoms with Crippen molar-refractivity contribution in [3.05, 3.63) is 65.2 Å². The Labute approximate surface area is 217 Å². The summed E-state index contributed by atoms with van der Waals surface area (Å²) in [4.78, 5) is 56.3. The molecule has 0 spiro atoms. The topological polar surface area (TPSA) is 98.8 Å². The van der Waals surface area contributed by atoms with Gasteiger partial charge in [0.2, 0.25) is 5.91 Å². The molecular weight excluding hydrogens is 468 g/mol. The lowest BCUT2D eigenvalue weighted by atomic mass is 9.99. The highest BCUT2D eigenvalue weighted by molar-refractivity contribution is 6.03. The average molecular weight is 503 g/mol. The van der Waals surface area contributed by atoms with E-state index in [4.69, 9.17) is 0 Å². The number of aryl methyl sites for hydroxylation is 1. The maximum absolute atomic E-state index is 13.8. The van der Waals surface area contributed by atoms with Crippen LogP contribution in [-0.4, -0.2) is 71.1 Å². The number of likely N-dealkylation sites (tertiary alicyclic amines) is 2. The number of carbonyl (C=O) groups excluding carboxylic acids is 4. The van der Waals surface area contributed by atoms with E-state index >= 15 is 0 Å². The Bertz CT molecular complexity index is 1210. The number of Topliss-reactive ketones (excluding diaryl/α,β-unsaturated/α-hetero) is 1. The Morgan fingerprint density at radius 1 is 1.05 bits per heavy atom. The fraction of sp³-hybridized carbons (Fsp3) is 0.448. The minimum absolute atomic E-state index is 0.00277. The molecule has 3 amide bonds. The van der Waals surface area contributed by atoms with Crippen molar-refractivity contribution in [1.82, 2.24) is 15.1 Å². The molecule has 2 unspecified atom stereocenters. The molecule has 3 aliphatic rings. The summed E-state index contributed by atoms with van der Waals surface area (Å²) in [5.41, 5.74) is 3.22. The second-order valence-electron chi connectivity index (χ2n) is 10.7. The van der Waals surface area contributed by atoms with E-state index in [1.165, 1.54) is 0 Å². The highest BCUT2D eigenvalue weighted by Gasteiger charge is 2.52. The number of ketones is 1. The molecule has 5 rings (SSSR count). The van der Waals surface area contributed by atoms with Crippen LogP contribution in [0.2, 0.25) is 0 Å². The van der Waals surface area contributed by atoms with E-state index in [0.717, 1.165) is 30.6 Å². The highest BCUT2D eigenvalue weighted by atomic mass is 16.2. The Balaban J connectivity index is 1.32. The van der Waals surface area contributed by atoms with Gasteiger partial charge in [0.25, 0.3) is 11.8 Å². The predicted octanol–water partition coefficient (Wildman–Crippen LogP) is 2.88. The molecule has 194 valence electrons. The minimum Gasteiger partial charge on any atom is -0.385 e. The summed E-state index contributed by atoms with van der Waals surface area (Å²) in [7, 11) is 0. The van der Waals surface area contributed by atoms with E-state index in [2.05, 4.69) is 10.6 Å². The number of fused-ring (bicyclic) bond motifs is 2. The van der Waals surface area contributed by atoms with Crippen molar-refractivity contribution in [3.63, 3.8) is 0 Å². The molecule has 2 aromatic carbocycles. The molecule has 0 radical (unpaired) electrons. The summed E-state index contributed by atoms with van der Waals surface area (Å²) in [5, 5.41) is 6.31. The van der Waals surface area contributed by atoms with Crippen LogP contribution in [0.5, 0.6) is 0 Å². The molecule has 3 atom stereocenters. The lowest BCUT2D eigenvalue weighted by Gasteiger charge is -2.29. The quantitative estimate of drug-likeness (QED) is 0.633. The van der Waals surface area contributed by atoms with Crippen molar-refractivity contribution in [2.45, 2.75) is 57.7 Å². The van der Waals surface area contributed by atoms with Crippen LogP contribution in [-0.2, 0) is 16.0 Å². The molecule has 0 aliphatic carbocycles. The number of hydrogen-bond donors (Lipinski definition) is 2. The van der Waals surface area contributed by atoms with E-state index in [1.807, 2.05) is 32.0 Å². The number of nitrogens with zero attached hydrogens (tertiary/aromatic N) is 2. The summed E-state index contributed by atoms with van der Waals surface area (Å²) >= 11 is 0. The van der Waals surface area contributed by atoms with Crippen LogP contribution in [0.1, 0.15) is 59.4 Å². The number of rotatable bonds is 6. The fourth-order valence-corrected chi connectivity index (χ4v) is 5.84. The molecule has 3 aliphatic heterocycles. The number of hydrogen-bond acceptors (Lipinski definition) is 5. The molecule has 2 aromatic rings. The van der Waals surface area contributed by atoms with Gasteiger partial charge < -0.3 is 20.4 Å². The van der Waals surface area contributed by atoms with Crippen LogP contribution in [0.3, 0.4) is 0 Å². The van der Waals surface area contributed by atoms with Gasteiger partial charge in [-0.3, -0.25) is 19.2 Å². The van der Waals surface area contributed by atoms with Gasteiger partial charge in [0.1, 0.15) is 12.1 Å². The Morgan fingerprint density at radius 2 is 1.84 bits per heavy atom. The fourth-order valence-electron chi connectivity index (χ4n) is 5.84. The normalized spacial score (nSPS) is 21.3. The Morgan fingerprint density at radius 3 is 2.59 bits per heavy atom. The largest absolute Gasteiger partial charge is 0.385 e. The maximum Gasteiger partial charge on any atom is 0.254 e. The van der Waals surface area contributed by atoms with Crippen molar-refractivity contribution in [2.24, 2.45) is 5.92 Å². The molecule has 2 fully saturated rings. The van der Waals surface area contributed by atoms with Crippen LogP contribution in [0.25, 0.3) is 0 Å². The third-order valence-corrected chi connectivity index (χ3v) is 7.60. The van der Waals surface area contributed by atoms with Gasteiger partial charge in [-0.25, -0.2) is 0 Å². The van der Waals surface area contributed by atoms with Crippen LogP contribution < -0.4 is 10.6 Å². The average Bonchev–Trinajstić information content (AvgIpc) is 3.48. The summed E-state index contributed by atoms with van der Waals surface area (Å²) < 4.78 is 0. The molecule has 0 bridgehead atoms. The van der Waals surface area contributed by atoms with E-state index < -0.39 is 12.1 Å².